The number of hydrogen-bond donors (Lipinski definition) is 1. The van der Waals surface area contributed by atoms with E-state index >= 15 is 0 Å². The van der Waals surface area contributed by atoms with Crippen molar-refractivity contribution in [3.8, 4) is 0 Å². The molecule has 1 amide bonds. The minimum Gasteiger partial charge on any atom is -0.465 e. The van der Waals surface area contributed by atoms with Gasteiger partial charge in [0.1, 0.15) is 0 Å². The molecule has 1 N–H and O–H groups in total. The number of carboxylic acid groups (broad SMARTS) is 1. The number of aryl methyl sites for hydroxylation is 1. The van der Waals surface area contributed by atoms with Crippen molar-refractivity contribution in [2.75, 3.05) is 26.2 Å². The van der Waals surface area contributed by atoms with Gasteiger partial charge < -0.3 is 10.0 Å². The van der Waals surface area contributed by atoms with Crippen LogP contribution in [0.5, 0.6) is 0 Å². The lowest BCUT2D eigenvalue weighted by molar-refractivity contribution is 0.103. The molecule has 0 atom stereocenters. The van der Waals surface area contributed by atoms with Crippen LogP contribution < -0.4 is 0 Å². The van der Waals surface area contributed by atoms with Gasteiger partial charge in [0.25, 0.3) is 0 Å². The van der Waals surface area contributed by atoms with E-state index in [1.54, 1.807) is 0 Å². The molecule has 1 saturated heterocycles. The van der Waals surface area contributed by atoms with Gasteiger partial charge in [0.15, 0.2) is 0 Å². The molecule has 4 heteroatoms. The molecular weight excluding hydrogens is 228 g/mol. The molecule has 1 aromatic carbocycles. The molecule has 1 heterocycles. The summed E-state index contributed by atoms with van der Waals surface area (Å²) >= 11 is 0. The van der Waals surface area contributed by atoms with Gasteiger partial charge in [-0.05, 0) is 17.5 Å². The molecule has 1 aliphatic heterocycles. The first-order valence-electron chi connectivity index (χ1n) is 6.47. The van der Waals surface area contributed by atoms with Crippen molar-refractivity contribution < 1.29 is 9.90 Å². The molecule has 0 saturated carbocycles. The molecule has 98 valence electrons. The highest BCUT2D eigenvalue weighted by atomic mass is 16.4. The maximum absolute atomic E-state index is 10.8. The van der Waals surface area contributed by atoms with Crippen LogP contribution in [0.3, 0.4) is 0 Å². The number of benzene rings is 1. The van der Waals surface area contributed by atoms with Crippen LogP contribution >= 0.6 is 0 Å². The van der Waals surface area contributed by atoms with E-state index in [2.05, 4.69) is 36.1 Å². The second kappa shape index (κ2) is 5.87. The Kier molecular flexibility index (Phi) is 4.20. The first kappa shape index (κ1) is 12.9. The number of hydrogen-bond acceptors (Lipinski definition) is 2. The van der Waals surface area contributed by atoms with Crippen LogP contribution in [0.1, 0.15) is 18.1 Å². The summed E-state index contributed by atoms with van der Waals surface area (Å²) in [5.41, 5.74) is 2.66. The van der Waals surface area contributed by atoms with E-state index in [-0.39, 0.29) is 0 Å². The average molecular weight is 248 g/mol. The second-order valence-electron chi connectivity index (χ2n) is 4.72. The van der Waals surface area contributed by atoms with Crippen LogP contribution in [0.4, 0.5) is 4.79 Å². The summed E-state index contributed by atoms with van der Waals surface area (Å²) in [6.07, 6.45) is 0.263. The van der Waals surface area contributed by atoms with Crippen molar-refractivity contribution in [1.29, 1.82) is 0 Å². The molecule has 0 aliphatic carbocycles. The van der Waals surface area contributed by atoms with Crippen LogP contribution in [0.15, 0.2) is 24.3 Å². The zero-order valence-electron chi connectivity index (χ0n) is 10.8. The van der Waals surface area contributed by atoms with Gasteiger partial charge in [0, 0.05) is 32.7 Å². The van der Waals surface area contributed by atoms with Crippen molar-refractivity contribution in [2.24, 2.45) is 0 Å². The highest BCUT2D eigenvalue weighted by Gasteiger charge is 2.19. The zero-order chi connectivity index (χ0) is 13.0. The lowest BCUT2D eigenvalue weighted by Gasteiger charge is -2.33. The fourth-order valence-corrected chi connectivity index (χ4v) is 2.24. The topological polar surface area (TPSA) is 43.8 Å². The van der Waals surface area contributed by atoms with Crippen molar-refractivity contribution in [3.05, 3.63) is 35.4 Å². The minimum absolute atomic E-state index is 0.613. The number of amides is 1. The van der Waals surface area contributed by atoms with Crippen molar-refractivity contribution in [1.82, 2.24) is 9.80 Å². The van der Waals surface area contributed by atoms with Gasteiger partial charge in [0.05, 0.1) is 0 Å². The van der Waals surface area contributed by atoms with E-state index in [4.69, 9.17) is 5.11 Å². The Labute approximate surface area is 108 Å². The molecule has 1 aliphatic rings. The first-order chi connectivity index (χ1) is 8.69. The maximum Gasteiger partial charge on any atom is 0.407 e. The molecule has 1 aromatic rings. The average Bonchev–Trinajstić information content (AvgIpc) is 2.40. The van der Waals surface area contributed by atoms with E-state index in [0.29, 0.717) is 13.1 Å². The summed E-state index contributed by atoms with van der Waals surface area (Å²) in [4.78, 5) is 14.6. The van der Waals surface area contributed by atoms with Gasteiger partial charge in [-0.15, -0.1) is 0 Å². The molecule has 0 spiro atoms. The van der Waals surface area contributed by atoms with Gasteiger partial charge in [-0.1, -0.05) is 31.2 Å². The SMILES string of the molecule is CCc1ccc(CN2CCN(C(=O)O)CC2)cc1. The molecule has 0 radical (unpaired) electrons. The highest BCUT2D eigenvalue weighted by molar-refractivity contribution is 5.65. The predicted octanol–water partition coefficient (Wildman–Crippen LogP) is 2.04. The number of carbonyl (C=O) groups is 1. The third kappa shape index (κ3) is 3.23. The van der Waals surface area contributed by atoms with Gasteiger partial charge in [-0.3, -0.25) is 4.90 Å². The van der Waals surface area contributed by atoms with E-state index in [1.165, 1.54) is 16.0 Å². The summed E-state index contributed by atoms with van der Waals surface area (Å²) in [5, 5.41) is 8.88. The lowest BCUT2D eigenvalue weighted by Crippen LogP contribution is -2.47. The quantitative estimate of drug-likeness (QED) is 0.890. The molecule has 0 unspecified atom stereocenters. The summed E-state index contributed by atoms with van der Waals surface area (Å²) in [6, 6.07) is 8.68. The van der Waals surface area contributed by atoms with Crippen LogP contribution in [0.2, 0.25) is 0 Å². The van der Waals surface area contributed by atoms with Crippen LogP contribution in [-0.4, -0.2) is 47.2 Å². The number of piperazine rings is 1. The highest BCUT2D eigenvalue weighted by Crippen LogP contribution is 2.10. The Morgan fingerprint density at radius 3 is 2.17 bits per heavy atom. The first-order valence-corrected chi connectivity index (χ1v) is 6.47. The summed E-state index contributed by atoms with van der Waals surface area (Å²) in [6.45, 7) is 5.94. The summed E-state index contributed by atoms with van der Waals surface area (Å²) < 4.78 is 0. The molecule has 0 aromatic heterocycles. The third-order valence-electron chi connectivity index (χ3n) is 3.48. The number of nitrogens with zero attached hydrogens (tertiary/aromatic N) is 2. The Bertz CT molecular complexity index is 395. The third-order valence-corrected chi connectivity index (χ3v) is 3.48. The standard InChI is InChI=1S/C14H20N2O2/c1-2-12-3-5-13(6-4-12)11-15-7-9-16(10-8-15)14(17)18/h3-6H,2,7-11H2,1H3,(H,17,18). The van der Waals surface area contributed by atoms with Crippen molar-refractivity contribution in [2.45, 2.75) is 19.9 Å². The fraction of sp³-hybridized carbons (Fsp3) is 0.500. The zero-order valence-corrected chi connectivity index (χ0v) is 10.8. The Balaban J connectivity index is 1.85. The van der Waals surface area contributed by atoms with Gasteiger partial charge >= 0.3 is 6.09 Å². The predicted molar refractivity (Wildman–Crippen MR) is 70.7 cm³/mol. The minimum atomic E-state index is -0.804. The lowest BCUT2D eigenvalue weighted by atomic mass is 10.1. The van der Waals surface area contributed by atoms with E-state index in [1.807, 2.05) is 0 Å². The van der Waals surface area contributed by atoms with Crippen molar-refractivity contribution >= 4 is 6.09 Å². The number of rotatable bonds is 3. The van der Waals surface area contributed by atoms with E-state index in [0.717, 1.165) is 26.1 Å². The Morgan fingerprint density at radius 1 is 1.11 bits per heavy atom. The summed E-state index contributed by atoms with van der Waals surface area (Å²) in [5.74, 6) is 0. The summed E-state index contributed by atoms with van der Waals surface area (Å²) in [7, 11) is 0. The largest absolute Gasteiger partial charge is 0.465 e. The molecule has 18 heavy (non-hydrogen) atoms. The van der Waals surface area contributed by atoms with Gasteiger partial charge in [-0.25, -0.2) is 4.79 Å². The molecule has 0 bridgehead atoms. The van der Waals surface area contributed by atoms with Crippen molar-refractivity contribution in [3.63, 3.8) is 0 Å². The second-order valence-corrected chi connectivity index (χ2v) is 4.72. The molecule has 1 fully saturated rings. The van der Waals surface area contributed by atoms with Gasteiger partial charge in [-0.2, -0.15) is 0 Å². The Morgan fingerprint density at radius 2 is 1.67 bits per heavy atom. The smallest absolute Gasteiger partial charge is 0.407 e. The fourth-order valence-electron chi connectivity index (χ4n) is 2.24. The molecule has 2 rings (SSSR count). The van der Waals surface area contributed by atoms with Crippen LogP contribution in [0, 0.1) is 0 Å². The molecular formula is C14H20N2O2. The van der Waals surface area contributed by atoms with E-state index in [9.17, 15) is 4.79 Å². The van der Waals surface area contributed by atoms with Crippen LogP contribution in [0.25, 0.3) is 0 Å². The normalized spacial score (nSPS) is 16.8. The molecule has 4 nitrogen and oxygen atoms in total. The monoisotopic (exact) mass is 248 g/mol. The van der Waals surface area contributed by atoms with Gasteiger partial charge in [0.2, 0.25) is 0 Å². The maximum atomic E-state index is 10.8. The van der Waals surface area contributed by atoms with E-state index < -0.39 is 6.09 Å². The van der Waals surface area contributed by atoms with Crippen LogP contribution in [-0.2, 0) is 13.0 Å². The Hall–Kier alpha value is -1.55.